The predicted molar refractivity (Wildman–Crippen MR) is 271 cm³/mol. The molecule has 3 heterocycles. The molecule has 0 saturated heterocycles. The summed E-state index contributed by atoms with van der Waals surface area (Å²) >= 11 is 0. The van der Waals surface area contributed by atoms with Gasteiger partial charge in [0, 0.05) is 41.2 Å². The maximum Gasteiger partial charge on any atom is 0.297 e. The Morgan fingerprint density at radius 1 is 0.794 bits per heavy atom. The standard InChI is InChI=1S/C59H69BN2O/c1-38-33-49-52-50(34-38)62(43-25-22-40(23-26-43)39-19-16-15-17-20-39)53-44-36-45-46(59(13,14)32-31-58(45,11)12)37-51(44)63-54(53)60(52)47-35-41(57(8,9)10)24-27-48(47)61(49)42(28-30-56(5,6)7)21-18-29-55(2,3)4/h15-17,19-20,22-28,33-36,46H,29-32,37H2,1-14H3/b42-28+. The third kappa shape index (κ3) is 7.83. The molecule has 63 heavy (non-hydrogen) atoms. The maximum absolute atomic E-state index is 7.59. The molecule has 1 saturated carbocycles. The van der Waals surface area contributed by atoms with Crippen LogP contribution in [0.15, 0.2) is 107 Å². The minimum Gasteiger partial charge on any atom is -0.472 e. The Morgan fingerprint density at radius 3 is 2.14 bits per heavy atom. The van der Waals surface area contributed by atoms with Crippen LogP contribution in [-0.4, -0.2) is 6.71 Å². The molecule has 2 aliphatic heterocycles. The maximum atomic E-state index is 7.59. The monoisotopic (exact) mass is 833 g/mol. The van der Waals surface area contributed by atoms with Crippen molar-refractivity contribution < 1.29 is 4.42 Å². The van der Waals surface area contributed by atoms with Gasteiger partial charge in [-0.25, -0.2) is 0 Å². The molecule has 5 aromatic rings. The van der Waals surface area contributed by atoms with Crippen LogP contribution in [0.1, 0.15) is 138 Å². The van der Waals surface area contributed by atoms with E-state index in [4.69, 9.17) is 4.42 Å². The highest BCUT2D eigenvalue weighted by atomic mass is 16.3. The molecule has 0 radical (unpaired) electrons. The van der Waals surface area contributed by atoms with Crippen molar-refractivity contribution in [3.63, 3.8) is 0 Å². The molecule has 4 aromatic carbocycles. The lowest BCUT2D eigenvalue weighted by Crippen LogP contribution is -2.61. The van der Waals surface area contributed by atoms with Crippen molar-refractivity contribution in [1.82, 2.24) is 0 Å². The molecule has 1 atom stereocenters. The van der Waals surface area contributed by atoms with Crippen LogP contribution in [0.25, 0.3) is 17.2 Å². The molecule has 3 nitrogen and oxygen atoms in total. The molecule has 0 spiro atoms. The molecule has 0 bridgehead atoms. The van der Waals surface area contributed by atoms with Crippen molar-refractivity contribution in [1.29, 1.82) is 0 Å². The summed E-state index contributed by atoms with van der Waals surface area (Å²) in [6, 6.07) is 32.1. The number of aryl methyl sites for hydroxylation is 1. The van der Waals surface area contributed by atoms with E-state index in [1.807, 2.05) is 0 Å². The molecule has 1 unspecified atom stereocenters. The van der Waals surface area contributed by atoms with Crippen LogP contribution >= 0.6 is 0 Å². The van der Waals surface area contributed by atoms with E-state index in [9.17, 15) is 0 Å². The Morgan fingerprint density at radius 2 is 1.48 bits per heavy atom. The number of hydrogen-bond donors (Lipinski definition) is 0. The van der Waals surface area contributed by atoms with Gasteiger partial charge in [0.05, 0.1) is 17.0 Å². The van der Waals surface area contributed by atoms with E-state index >= 15 is 0 Å². The van der Waals surface area contributed by atoms with E-state index in [2.05, 4.69) is 216 Å². The van der Waals surface area contributed by atoms with Gasteiger partial charge in [0.1, 0.15) is 5.76 Å². The minimum atomic E-state index is -0.0996. The van der Waals surface area contributed by atoms with Gasteiger partial charge < -0.3 is 14.2 Å². The smallest absolute Gasteiger partial charge is 0.297 e. The van der Waals surface area contributed by atoms with Gasteiger partial charge in [-0.15, -0.1) is 0 Å². The molecule has 4 heteroatoms. The number of rotatable bonds is 4. The van der Waals surface area contributed by atoms with Crippen LogP contribution in [0.5, 0.6) is 0 Å². The summed E-state index contributed by atoms with van der Waals surface area (Å²) in [5.41, 5.74) is 18.9. The van der Waals surface area contributed by atoms with Crippen LogP contribution in [0.4, 0.5) is 28.4 Å². The highest BCUT2D eigenvalue weighted by Gasteiger charge is 2.51. The largest absolute Gasteiger partial charge is 0.472 e. The lowest BCUT2D eigenvalue weighted by Gasteiger charge is -2.49. The van der Waals surface area contributed by atoms with Crippen molar-refractivity contribution in [2.24, 2.45) is 27.6 Å². The van der Waals surface area contributed by atoms with E-state index in [-0.39, 0.29) is 33.8 Å². The summed E-state index contributed by atoms with van der Waals surface area (Å²) in [6.07, 6.45) is 10.0. The van der Waals surface area contributed by atoms with Crippen molar-refractivity contribution in [2.45, 2.75) is 134 Å². The SMILES string of the molecule is Cc1cc2c3c(c1)N(c1ccc(-c4ccccc4)cc1)c1c(oc4c1C=C1C(C4)C(C)(C)CCC1(C)C)B3c1cc(C(C)(C)C)ccc1N2/C(C#CCC(C)(C)C)=C/CC(C)(C)C. The molecule has 9 rings (SSSR count). The Kier molecular flexibility index (Phi) is 10.3. The van der Waals surface area contributed by atoms with E-state index in [1.165, 1.54) is 74.3 Å². The fourth-order valence-corrected chi connectivity index (χ4v) is 10.6. The molecular weight excluding hydrogens is 763 g/mol. The van der Waals surface area contributed by atoms with Gasteiger partial charge in [0.25, 0.3) is 6.71 Å². The normalized spacial score (nSPS) is 18.6. The zero-order valence-electron chi connectivity index (χ0n) is 40.7. The number of fused-ring (bicyclic) bond motifs is 7. The summed E-state index contributed by atoms with van der Waals surface area (Å²) in [4.78, 5) is 5.07. The Balaban J connectivity index is 1.35. The van der Waals surface area contributed by atoms with E-state index in [1.54, 1.807) is 5.57 Å². The van der Waals surface area contributed by atoms with Crippen LogP contribution in [0, 0.1) is 46.3 Å². The van der Waals surface area contributed by atoms with Crippen molar-refractivity contribution in [3.05, 3.63) is 125 Å². The van der Waals surface area contributed by atoms with Gasteiger partial charge in [0.15, 0.2) is 0 Å². The van der Waals surface area contributed by atoms with Gasteiger partial charge >= 0.3 is 0 Å². The molecule has 0 N–H and O–H groups in total. The zero-order chi connectivity index (χ0) is 45.0. The first-order valence-corrected chi connectivity index (χ1v) is 23.6. The fourth-order valence-electron chi connectivity index (χ4n) is 10.6. The van der Waals surface area contributed by atoms with Gasteiger partial charge in [-0.05, 0) is 135 Å². The number of nitrogens with zero attached hydrogens (tertiary/aromatic N) is 2. The average Bonchev–Trinajstić information content (AvgIpc) is 3.58. The van der Waals surface area contributed by atoms with E-state index in [0.717, 1.165) is 42.1 Å². The third-order valence-corrected chi connectivity index (χ3v) is 14.4. The van der Waals surface area contributed by atoms with Crippen molar-refractivity contribution in [2.75, 3.05) is 9.80 Å². The number of benzene rings is 4. The molecule has 1 fully saturated rings. The highest BCUT2D eigenvalue weighted by Crippen LogP contribution is 2.57. The Labute approximate surface area is 380 Å². The minimum absolute atomic E-state index is 0.0443. The molecular formula is C59H69BN2O. The number of furan rings is 1. The van der Waals surface area contributed by atoms with Crippen molar-refractivity contribution in [3.8, 4) is 23.0 Å². The summed E-state index contributed by atoms with van der Waals surface area (Å²) < 4.78 is 7.59. The Bertz CT molecular complexity index is 2730. The first-order chi connectivity index (χ1) is 29.5. The van der Waals surface area contributed by atoms with E-state index in [0.29, 0.717) is 5.92 Å². The second kappa shape index (κ2) is 15.0. The van der Waals surface area contributed by atoms with Crippen LogP contribution in [0.3, 0.4) is 0 Å². The first-order valence-electron chi connectivity index (χ1n) is 23.6. The quantitative estimate of drug-likeness (QED) is 0.130. The Hall–Kier alpha value is -5.14. The second-order valence-corrected chi connectivity index (χ2v) is 24.0. The molecule has 4 aliphatic rings. The molecule has 1 aromatic heterocycles. The van der Waals surface area contributed by atoms with Gasteiger partial charge in [0.2, 0.25) is 0 Å². The molecule has 0 amide bonds. The fraction of sp³-hybridized carbons (Fsp3) is 0.424. The topological polar surface area (TPSA) is 19.6 Å². The van der Waals surface area contributed by atoms with Gasteiger partial charge in [-0.3, -0.25) is 0 Å². The van der Waals surface area contributed by atoms with Gasteiger partial charge in [-0.1, -0.05) is 162 Å². The lowest BCUT2D eigenvalue weighted by atomic mass is 9.35. The molecule has 324 valence electrons. The van der Waals surface area contributed by atoms with Crippen LogP contribution in [0.2, 0.25) is 0 Å². The predicted octanol–water partition coefficient (Wildman–Crippen LogP) is 14.5. The van der Waals surface area contributed by atoms with E-state index < -0.39 is 0 Å². The van der Waals surface area contributed by atoms with Crippen molar-refractivity contribution >= 4 is 57.8 Å². The average molecular weight is 833 g/mol. The second-order valence-electron chi connectivity index (χ2n) is 24.0. The number of anilines is 5. The lowest BCUT2D eigenvalue weighted by molar-refractivity contribution is 0.119. The third-order valence-electron chi connectivity index (χ3n) is 14.4. The summed E-state index contributed by atoms with van der Waals surface area (Å²) in [6.45, 7) is 32.9. The summed E-state index contributed by atoms with van der Waals surface area (Å²) in [5.74, 6) is 9.03. The molecule has 2 aliphatic carbocycles. The van der Waals surface area contributed by atoms with Gasteiger partial charge in [-0.2, -0.15) is 0 Å². The highest BCUT2D eigenvalue weighted by molar-refractivity contribution is 6.99. The number of hydrogen-bond acceptors (Lipinski definition) is 3. The zero-order valence-corrected chi connectivity index (χ0v) is 40.7. The summed E-state index contributed by atoms with van der Waals surface area (Å²) in [5, 5.41) is 0. The van der Waals surface area contributed by atoms with Crippen LogP contribution < -0.4 is 26.4 Å². The number of allylic oxidation sites excluding steroid dienone is 3. The van der Waals surface area contributed by atoms with Crippen LogP contribution in [-0.2, 0) is 11.8 Å². The summed E-state index contributed by atoms with van der Waals surface area (Å²) in [7, 11) is 0. The first kappa shape index (κ1) is 43.1.